The van der Waals surface area contributed by atoms with Gasteiger partial charge in [0.15, 0.2) is 0 Å². The van der Waals surface area contributed by atoms with Crippen LogP contribution in [0.15, 0.2) is 40.9 Å². The monoisotopic (exact) mass is 429 g/mol. The third kappa shape index (κ3) is 4.52. The van der Waals surface area contributed by atoms with E-state index in [9.17, 15) is 14.3 Å². The fraction of sp³-hybridized carbons (Fsp3) is 0.318. The lowest BCUT2D eigenvalue weighted by atomic mass is 10.0. The fourth-order valence-corrected chi connectivity index (χ4v) is 3.46. The number of hydrogen-bond donors (Lipinski definition) is 2. The second-order valence-electron chi connectivity index (χ2n) is 7.54. The van der Waals surface area contributed by atoms with Crippen molar-refractivity contribution in [1.29, 1.82) is 0 Å². The number of hydrogen-bond acceptors (Lipinski definition) is 5. The Hall–Kier alpha value is -2.77. The molecular formula is C22H21ClFN3O3. The van der Waals surface area contributed by atoms with E-state index in [0.717, 1.165) is 24.0 Å². The molecule has 2 aromatic carbocycles. The van der Waals surface area contributed by atoms with E-state index in [2.05, 4.69) is 15.5 Å². The largest absolute Gasteiger partial charge is 0.480 e. The normalized spacial score (nSPS) is 14.6. The zero-order valence-electron chi connectivity index (χ0n) is 16.4. The van der Waals surface area contributed by atoms with Gasteiger partial charge in [-0.25, -0.2) is 4.39 Å². The molecule has 156 valence electrons. The Morgan fingerprint density at radius 3 is 2.87 bits per heavy atom. The quantitative estimate of drug-likeness (QED) is 0.548. The van der Waals surface area contributed by atoms with Crippen LogP contribution < -0.4 is 5.32 Å². The molecule has 1 aliphatic rings. The summed E-state index contributed by atoms with van der Waals surface area (Å²) in [6.45, 7) is 2.23. The Kier molecular flexibility index (Phi) is 5.83. The van der Waals surface area contributed by atoms with E-state index in [0.29, 0.717) is 28.9 Å². The Morgan fingerprint density at radius 2 is 2.17 bits per heavy atom. The van der Waals surface area contributed by atoms with Crippen LogP contribution in [0.1, 0.15) is 41.3 Å². The Labute approximate surface area is 178 Å². The topological polar surface area (TPSA) is 88.3 Å². The second-order valence-corrected chi connectivity index (χ2v) is 7.95. The summed E-state index contributed by atoms with van der Waals surface area (Å²) < 4.78 is 19.8. The maximum atomic E-state index is 14.7. The molecule has 1 aromatic heterocycles. The maximum absolute atomic E-state index is 14.7. The molecule has 1 aliphatic carbocycles. The highest BCUT2D eigenvalue weighted by atomic mass is 35.5. The maximum Gasteiger partial charge on any atom is 0.321 e. The molecule has 6 nitrogen and oxygen atoms in total. The molecule has 1 saturated carbocycles. The predicted octanol–water partition coefficient (Wildman–Crippen LogP) is 4.50. The standard InChI is InChI=1S/C22H21ClFN3O3/c1-12-15(3-2-4-17(12)23)11-25-19(22(28)29)10-13-5-8-16(18(24)9-13)20-26-21(30-27-20)14-6-7-14/h2-5,8-9,14,19,25H,6-7,10-11H2,1H3,(H,28,29)/t19-/m0/s1. The van der Waals surface area contributed by atoms with Gasteiger partial charge in [-0.2, -0.15) is 4.98 Å². The summed E-state index contributed by atoms with van der Waals surface area (Å²) in [7, 11) is 0. The van der Waals surface area contributed by atoms with Crippen molar-refractivity contribution in [1.82, 2.24) is 15.5 Å². The summed E-state index contributed by atoms with van der Waals surface area (Å²) in [6, 6.07) is 9.20. The molecule has 1 atom stereocenters. The molecule has 0 bridgehead atoms. The van der Waals surface area contributed by atoms with Gasteiger partial charge in [-0.3, -0.25) is 4.79 Å². The van der Waals surface area contributed by atoms with Gasteiger partial charge in [0, 0.05) is 17.5 Å². The van der Waals surface area contributed by atoms with Crippen molar-refractivity contribution >= 4 is 17.6 Å². The molecule has 0 spiro atoms. The molecule has 3 aromatic rings. The van der Waals surface area contributed by atoms with Crippen molar-refractivity contribution in [2.24, 2.45) is 0 Å². The van der Waals surface area contributed by atoms with E-state index in [4.69, 9.17) is 16.1 Å². The minimum absolute atomic E-state index is 0.131. The molecule has 2 N–H and O–H groups in total. The number of rotatable bonds is 8. The Morgan fingerprint density at radius 1 is 1.37 bits per heavy atom. The lowest BCUT2D eigenvalue weighted by Gasteiger charge is -2.16. The molecule has 0 unspecified atom stereocenters. The number of carbonyl (C=O) groups is 1. The number of nitrogens with one attached hydrogen (secondary N) is 1. The van der Waals surface area contributed by atoms with Crippen LogP contribution in [0, 0.1) is 12.7 Å². The van der Waals surface area contributed by atoms with Crippen LogP contribution in [0.5, 0.6) is 0 Å². The third-order valence-corrected chi connectivity index (χ3v) is 5.71. The summed E-state index contributed by atoms with van der Waals surface area (Å²) >= 11 is 6.12. The summed E-state index contributed by atoms with van der Waals surface area (Å²) in [5, 5.41) is 17.1. The molecule has 0 radical (unpaired) electrons. The van der Waals surface area contributed by atoms with Crippen LogP contribution in [0.3, 0.4) is 0 Å². The van der Waals surface area contributed by atoms with Gasteiger partial charge in [0.05, 0.1) is 5.56 Å². The second kappa shape index (κ2) is 8.53. The van der Waals surface area contributed by atoms with Gasteiger partial charge < -0.3 is 14.9 Å². The molecule has 0 aliphatic heterocycles. The average molecular weight is 430 g/mol. The van der Waals surface area contributed by atoms with Crippen LogP contribution in [0.4, 0.5) is 4.39 Å². The number of carboxylic acid groups (broad SMARTS) is 1. The van der Waals surface area contributed by atoms with Crippen molar-refractivity contribution in [2.75, 3.05) is 0 Å². The molecule has 1 fully saturated rings. The molecule has 0 saturated heterocycles. The van der Waals surface area contributed by atoms with Crippen LogP contribution in [0.25, 0.3) is 11.4 Å². The van der Waals surface area contributed by atoms with Gasteiger partial charge in [-0.1, -0.05) is 35.0 Å². The summed E-state index contributed by atoms with van der Waals surface area (Å²) in [6.07, 6.45) is 2.16. The van der Waals surface area contributed by atoms with Gasteiger partial charge in [-0.15, -0.1) is 0 Å². The van der Waals surface area contributed by atoms with Crippen molar-refractivity contribution in [2.45, 2.75) is 44.7 Å². The van der Waals surface area contributed by atoms with Gasteiger partial charge in [0.2, 0.25) is 11.7 Å². The van der Waals surface area contributed by atoms with E-state index in [1.165, 1.54) is 6.07 Å². The van der Waals surface area contributed by atoms with E-state index in [1.54, 1.807) is 18.2 Å². The highest BCUT2D eigenvalue weighted by Crippen LogP contribution is 2.39. The van der Waals surface area contributed by atoms with Gasteiger partial charge in [-0.05, 0) is 61.1 Å². The molecule has 0 amide bonds. The number of benzene rings is 2. The average Bonchev–Trinajstić information content (AvgIpc) is 3.45. The molecule has 8 heteroatoms. The van der Waals surface area contributed by atoms with Gasteiger partial charge in [0.1, 0.15) is 11.9 Å². The van der Waals surface area contributed by atoms with E-state index < -0.39 is 17.8 Å². The van der Waals surface area contributed by atoms with Crippen molar-refractivity contribution in [3.8, 4) is 11.4 Å². The molecule has 30 heavy (non-hydrogen) atoms. The van der Waals surface area contributed by atoms with E-state index >= 15 is 0 Å². The highest BCUT2D eigenvalue weighted by Gasteiger charge is 2.30. The van der Waals surface area contributed by atoms with Gasteiger partial charge >= 0.3 is 5.97 Å². The fourth-order valence-electron chi connectivity index (χ4n) is 3.27. The third-order valence-electron chi connectivity index (χ3n) is 5.30. The lowest BCUT2D eigenvalue weighted by Crippen LogP contribution is -2.38. The minimum atomic E-state index is -1.01. The van der Waals surface area contributed by atoms with Crippen LogP contribution >= 0.6 is 11.6 Å². The smallest absolute Gasteiger partial charge is 0.321 e. The SMILES string of the molecule is Cc1c(Cl)cccc1CN[C@@H](Cc1ccc(-c2noc(C3CC3)n2)c(F)c1)C(=O)O. The molecular weight excluding hydrogens is 409 g/mol. The first-order valence-corrected chi connectivity index (χ1v) is 10.1. The summed E-state index contributed by atoms with van der Waals surface area (Å²) in [5.74, 6) is -0.471. The highest BCUT2D eigenvalue weighted by molar-refractivity contribution is 6.31. The molecule has 1 heterocycles. The lowest BCUT2D eigenvalue weighted by molar-refractivity contribution is -0.139. The first-order chi connectivity index (χ1) is 14.4. The first kappa shape index (κ1) is 20.5. The molecule has 4 rings (SSSR count). The number of halogens is 2. The van der Waals surface area contributed by atoms with Crippen molar-refractivity contribution < 1.29 is 18.8 Å². The van der Waals surface area contributed by atoms with Crippen molar-refractivity contribution in [3.63, 3.8) is 0 Å². The number of aromatic nitrogens is 2. The number of carboxylic acids is 1. The summed E-state index contributed by atoms with van der Waals surface area (Å²) in [4.78, 5) is 16.0. The Balaban J connectivity index is 1.46. The van der Waals surface area contributed by atoms with Crippen LogP contribution in [0.2, 0.25) is 5.02 Å². The van der Waals surface area contributed by atoms with E-state index in [1.807, 2.05) is 19.1 Å². The summed E-state index contributed by atoms with van der Waals surface area (Å²) in [5.41, 5.74) is 2.62. The van der Waals surface area contributed by atoms with Crippen LogP contribution in [-0.4, -0.2) is 27.3 Å². The number of aliphatic carboxylic acids is 1. The zero-order valence-corrected chi connectivity index (χ0v) is 17.1. The van der Waals surface area contributed by atoms with Crippen LogP contribution in [-0.2, 0) is 17.8 Å². The van der Waals surface area contributed by atoms with E-state index in [-0.39, 0.29) is 17.8 Å². The van der Waals surface area contributed by atoms with Crippen molar-refractivity contribution in [3.05, 3.63) is 69.8 Å². The first-order valence-electron chi connectivity index (χ1n) is 9.75. The zero-order chi connectivity index (χ0) is 21.3. The number of nitrogens with zero attached hydrogens (tertiary/aromatic N) is 2. The minimum Gasteiger partial charge on any atom is -0.480 e. The Bertz CT molecular complexity index is 1080. The predicted molar refractivity (Wildman–Crippen MR) is 110 cm³/mol. The van der Waals surface area contributed by atoms with Gasteiger partial charge in [0.25, 0.3) is 0 Å².